The summed E-state index contributed by atoms with van der Waals surface area (Å²) in [5.74, 6) is -0.509. The third kappa shape index (κ3) is 4.99. The molecule has 1 aliphatic carbocycles. The number of aliphatic hydroxyl groups excluding tert-OH is 1. The van der Waals surface area contributed by atoms with E-state index in [9.17, 15) is 13.2 Å². The average Bonchev–Trinajstić information content (AvgIpc) is 2.71. The Labute approximate surface area is 187 Å². The number of alkyl halides is 3. The van der Waals surface area contributed by atoms with Crippen LogP contribution < -0.4 is 4.74 Å². The first-order valence-corrected chi connectivity index (χ1v) is 10.5. The molecule has 0 amide bonds. The number of benzene rings is 2. The minimum atomic E-state index is -4.61. The lowest BCUT2D eigenvalue weighted by molar-refractivity contribution is -0.150. The molecular formula is C23H21ClF3NO4. The smallest absolute Gasteiger partial charge is 0.419 e. The van der Waals surface area contributed by atoms with E-state index in [1.807, 2.05) is 6.07 Å². The largest absolute Gasteiger partial charge is 0.491 e. The quantitative estimate of drug-likeness (QED) is 0.375. The van der Waals surface area contributed by atoms with E-state index < -0.39 is 18.0 Å². The van der Waals surface area contributed by atoms with Gasteiger partial charge in [0.25, 0.3) is 0 Å². The van der Waals surface area contributed by atoms with Crippen molar-refractivity contribution in [1.29, 1.82) is 0 Å². The summed E-state index contributed by atoms with van der Waals surface area (Å²) in [6.45, 7) is 0.0395. The lowest BCUT2D eigenvalue weighted by atomic mass is 9.82. The van der Waals surface area contributed by atoms with Crippen LogP contribution in [-0.2, 0) is 10.9 Å². The van der Waals surface area contributed by atoms with E-state index in [0.717, 1.165) is 11.5 Å². The fraction of sp³-hybridized carbons (Fsp3) is 0.348. The van der Waals surface area contributed by atoms with Gasteiger partial charge in [0.2, 0.25) is 0 Å². The predicted octanol–water partition coefficient (Wildman–Crippen LogP) is 5.06. The van der Waals surface area contributed by atoms with Gasteiger partial charge in [-0.2, -0.15) is 13.2 Å². The zero-order chi connectivity index (χ0) is 22.9. The van der Waals surface area contributed by atoms with Gasteiger partial charge >= 0.3 is 6.18 Å². The first kappa shape index (κ1) is 22.8. The Balaban J connectivity index is 1.47. The van der Waals surface area contributed by atoms with Gasteiger partial charge in [0, 0.05) is 16.9 Å². The summed E-state index contributed by atoms with van der Waals surface area (Å²) in [7, 11) is 0. The molecule has 9 heteroatoms. The number of aromatic nitrogens is 1. The molecule has 3 aromatic rings. The molecule has 1 heterocycles. The third-order valence-electron chi connectivity index (χ3n) is 5.50. The molecule has 32 heavy (non-hydrogen) atoms. The van der Waals surface area contributed by atoms with Gasteiger partial charge in [-0.05, 0) is 43.2 Å². The lowest BCUT2D eigenvalue weighted by Crippen LogP contribution is -2.39. The first-order chi connectivity index (χ1) is 15.2. The summed E-state index contributed by atoms with van der Waals surface area (Å²) >= 11 is 6.18. The van der Waals surface area contributed by atoms with Gasteiger partial charge in [0.1, 0.15) is 12.4 Å². The Morgan fingerprint density at radius 2 is 1.84 bits per heavy atom. The number of pyridine rings is 1. The van der Waals surface area contributed by atoms with Gasteiger partial charge in [0.05, 0.1) is 34.5 Å². The molecule has 1 aliphatic rings. The number of rotatable bonds is 7. The molecule has 0 radical (unpaired) electrons. The Morgan fingerprint density at radius 1 is 1.06 bits per heavy atom. The Kier molecular flexibility index (Phi) is 6.57. The van der Waals surface area contributed by atoms with Crippen LogP contribution in [0.2, 0.25) is 5.02 Å². The molecule has 0 aliphatic heterocycles. The second-order valence-electron chi connectivity index (χ2n) is 7.70. The summed E-state index contributed by atoms with van der Waals surface area (Å²) in [5, 5.41) is 19.3. The van der Waals surface area contributed by atoms with E-state index in [2.05, 4.69) is 4.98 Å². The summed E-state index contributed by atoms with van der Waals surface area (Å²) in [6, 6.07) is 12.5. The second-order valence-corrected chi connectivity index (χ2v) is 8.11. The zero-order valence-corrected chi connectivity index (χ0v) is 17.6. The van der Waals surface area contributed by atoms with E-state index in [4.69, 9.17) is 31.3 Å². The van der Waals surface area contributed by atoms with Crippen LogP contribution in [0.1, 0.15) is 18.4 Å². The second kappa shape index (κ2) is 9.23. The van der Waals surface area contributed by atoms with Crippen molar-refractivity contribution in [1.82, 2.24) is 4.98 Å². The minimum absolute atomic E-state index is 0.0604. The molecule has 1 fully saturated rings. The predicted molar refractivity (Wildman–Crippen MR) is 113 cm³/mol. The number of fused-ring (bicyclic) bond motifs is 1. The number of hydrogen-bond donors (Lipinski definition) is 2. The average molecular weight is 468 g/mol. The van der Waals surface area contributed by atoms with E-state index >= 15 is 0 Å². The summed E-state index contributed by atoms with van der Waals surface area (Å²) in [6.07, 6.45) is -5.11. The van der Waals surface area contributed by atoms with Gasteiger partial charge < -0.3 is 19.7 Å². The van der Waals surface area contributed by atoms with Crippen LogP contribution >= 0.6 is 11.6 Å². The fourth-order valence-corrected chi connectivity index (χ4v) is 3.88. The van der Waals surface area contributed by atoms with E-state index in [1.165, 1.54) is 12.1 Å². The number of halogens is 4. The fourth-order valence-electron chi connectivity index (χ4n) is 3.66. The molecule has 5 nitrogen and oxygen atoms in total. The topological polar surface area (TPSA) is 71.8 Å². The normalized spacial score (nSPS) is 18.7. The number of para-hydroxylation sites is 1. The monoisotopic (exact) mass is 467 g/mol. The molecule has 0 bridgehead atoms. The SMILES string of the molecule is OC(O)C1CC(OCCOc2ccc(-c3ccc4cccc(Cl)c4n3)cc2C(F)(F)F)C1. The van der Waals surface area contributed by atoms with Crippen molar-refractivity contribution < 1.29 is 32.9 Å². The standard InChI is InChI=1S/C23H21ClF3NO4/c24-18-3-1-2-13-4-6-19(28-21(13)18)14-5-7-20(17(12-14)23(25,26)27)32-9-8-31-16-10-15(11-16)22(29)30/h1-7,12,15-16,22,29-30H,8-11H2. The van der Waals surface area contributed by atoms with E-state index in [-0.39, 0.29) is 31.0 Å². The summed E-state index contributed by atoms with van der Waals surface area (Å²) < 4.78 is 51.9. The zero-order valence-electron chi connectivity index (χ0n) is 16.8. The lowest BCUT2D eigenvalue weighted by Gasteiger charge is -2.35. The van der Waals surface area contributed by atoms with Gasteiger partial charge in [-0.15, -0.1) is 0 Å². The highest BCUT2D eigenvalue weighted by Gasteiger charge is 2.36. The van der Waals surface area contributed by atoms with E-state index in [0.29, 0.717) is 34.6 Å². The molecule has 2 aromatic carbocycles. The molecule has 1 aromatic heterocycles. The van der Waals surface area contributed by atoms with Crippen LogP contribution in [0.4, 0.5) is 13.2 Å². The Morgan fingerprint density at radius 3 is 2.56 bits per heavy atom. The van der Waals surface area contributed by atoms with Crippen LogP contribution in [-0.4, -0.2) is 40.8 Å². The summed E-state index contributed by atoms with van der Waals surface area (Å²) in [4.78, 5) is 4.43. The molecule has 4 rings (SSSR count). The number of ether oxygens (including phenoxy) is 2. The van der Waals surface area contributed by atoms with Crippen LogP contribution in [0.5, 0.6) is 5.75 Å². The summed E-state index contributed by atoms with van der Waals surface area (Å²) in [5.41, 5.74) is 0.287. The van der Waals surface area contributed by atoms with E-state index in [1.54, 1.807) is 24.3 Å². The maximum atomic E-state index is 13.7. The molecule has 0 spiro atoms. The van der Waals surface area contributed by atoms with Crippen molar-refractivity contribution in [2.45, 2.75) is 31.4 Å². The highest BCUT2D eigenvalue weighted by atomic mass is 35.5. The molecular weight excluding hydrogens is 447 g/mol. The van der Waals surface area contributed by atoms with Crippen molar-refractivity contribution in [2.24, 2.45) is 5.92 Å². The molecule has 170 valence electrons. The van der Waals surface area contributed by atoms with Gasteiger partial charge in [0.15, 0.2) is 6.29 Å². The minimum Gasteiger partial charge on any atom is -0.491 e. The highest BCUT2D eigenvalue weighted by Crippen LogP contribution is 2.39. The molecule has 0 atom stereocenters. The van der Waals surface area contributed by atoms with Crippen LogP contribution in [0.25, 0.3) is 22.2 Å². The Hall–Kier alpha value is -2.39. The van der Waals surface area contributed by atoms with Crippen molar-refractivity contribution in [3.63, 3.8) is 0 Å². The maximum Gasteiger partial charge on any atom is 0.419 e. The highest BCUT2D eigenvalue weighted by molar-refractivity contribution is 6.35. The van der Waals surface area contributed by atoms with Gasteiger partial charge in [-0.1, -0.05) is 29.8 Å². The van der Waals surface area contributed by atoms with Crippen molar-refractivity contribution in [3.05, 3.63) is 59.1 Å². The van der Waals surface area contributed by atoms with Crippen LogP contribution in [0.3, 0.4) is 0 Å². The van der Waals surface area contributed by atoms with Crippen molar-refractivity contribution >= 4 is 22.5 Å². The number of nitrogens with zero attached hydrogens (tertiary/aromatic N) is 1. The van der Waals surface area contributed by atoms with Gasteiger partial charge in [-0.25, -0.2) is 4.98 Å². The van der Waals surface area contributed by atoms with Gasteiger partial charge in [-0.3, -0.25) is 0 Å². The maximum absolute atomic E-state index is 13.7. The Bertz CT molecular complexity index is 1100. The van der Waals surface area contributed by atoms with Crippen LogP contribution in [0.15, 0.2) is 48.5 Å². The molecule has 2 N–H and O–H groups in total. The molecule has 0 unspecified atom stereocenters. The molecule has 1 saturated carbocycles. The van der Waals surface area contributed by atoms with Crippen molar-refractivity contribution in [3.8, 4) is 17.0 Å². The third-order valence-corrected chi connectivity index (χ3v) is 5.80. The number of aliphatic hydroxyl groups is 2. The number of hydrogen-bond acceptors (Lipinski definition) is 5. The van der Waals surface area contributed by atoms with Crippen molar-refractivity contribution in [2.75, 3.05) is 13.2 Å². The molecule has 0 saturated heterocycles. The first-order valence-electron chi connectivity index (χ1n) is 10.1. The van der Waals surface area contributed by atoms with Crippen LogP contribution in [0, 0.1) is 5.92 Å².